The van der Waals surface area contributed by atoms with Gasteiger partial charge in [-0.15, -0.1) is 0 Å². The molecule has 1 unspecified atom stereocenters. The smallest absolute Gasteiger partial charge is 0.337 e. The number of nitrogens with zero attached hydrogens (tertiary/aromatic N) is 1. The number of ether oxygens (including phenoxy) is 1. The number of carbonyl (C=O) groups excluding carboxylic acids is 1. The Hall–Kier alpha value is -2.72. The van der Waals surface area contributed by atoms with Crippen LogP contribution in [0.4, 0.5) is 0 Å². The standard InChI is InChI=1S/C18H16N2O2/c1-22-18(21)14-9-7-12(8-10-14)16(19)15-6-2-4-13-5-3-11-20-17(13)15/h2-11,16H,19H2,1H3. The number of aromatic nitrogens is 1. The predicted octanol–water partition coefficient (Wildman–Crippen LogP) is 3.07. The van der Waals surface area contributed by atoms with Crippen LogP contribution in [-0.4, -0.2) is 18.1 Å². The fraction of sp³-hybridized carbons (Fsp3) is 0.111. The van der Waals surface area contributed by atoms with Gasteiger partial charge in [0.2, 0.25) is 0 Å². The number of fused-ring (bicyclic) bond motifs is 1. The first-order valence-electron chi connectivity index (χ1n) is 6.98. The van der Waals surface area contributed by atoms with Crippen molar-refractivity contribution in [2.24, 2.45) is 5.73 Å². The first kappa shape index (κ1) is 14.2. The number of nitrogens with two attached hydrogens (primary N) is 1. The minimum Gasteiger partial charge on any atom is -0.465 e. The van der Waals surface area contributed by atoms with Crippen LogP contribution in [0.5, 0.6) is 0 Å². The molecule has 1 aromatic heterocycles. The minimum atomic E-state index is -0.355. The number of esters is 1. The highest BCUT2D eigenvalue weighted by Crippen LogP contribution is 2.26. The van der Waals surface area contributed by atoms with Crippen molar-refractivity contribution in [1.29, 1.82) is 0 Å². The van der Waals surface area contributed by atoms with Gasteiger partial charge in [0.1, 0.15) is 0 Å². The van der Waals surface area contributed by atoms with Gasteiger partial charge in [0.05, 0.1) is 24.2 Å². The van der Waals surface area contributed by atoms with E-state index >= 15 is 0 Å². The molecular formula is C18H16N2O2. The zero-order valence-corrected chi connectivity index (χ0v) is 12.2. The molecule has 0 radical (unpaired) electrons. The first-order valence-corrected chi connectivity index (χ1v) is 6.98. The summed E-state index contributed by atoms with van der Waals surface area (Å²) in [5, 5.41) is 1.06. The molecule has 0 saturated carbocycles. The van der Waals surface area contributed by atoms with Gasteiger partial charge in [0.25, 0.3) is 0 Å². The maximum atomic E-state index is 11.5. The number of benzene rings is 2. The van der Waals surface area contributed by atoms with E-state index in [2.05, 4.69) is 4.98 Å². The molecule has 0 bridgehead atoms. The lowest BCUT2D eigenvalue weighted by Crippen LogP contribution is -2.13. The molecule has 4 heteroatoms. The first-order chi connectivity index (χ1) is 10.7. The highest BCUT2D eigenvalue weighted by atomic mass is 16.5. The van der Waals surface area contributed by atoms with Crippen LogP contribution in [0.2, 0.25) is 0 Å². The molecule has 2 aromatic carbocycles. The molecule has 0 aliphatic heterocycles. The molecule has 1 heterocycles. The van der Waals surface area contributed by atoms with E-state index in [-0.39, 0.29) is 12.0 Å². The Morgan fingerprint density at radius 2 is 1.82 bits per heavy atom. The molecule has 0 spiro atoms. The Kier molecular flexibility index (Phi) is 3.85. The topological polar surface area (TPSA) is 65.2 Å². The molecule has 0 aliphatic carbocycles. The lowest BCUT2D eigenvalue weighted by atomic mass is 9.96. The molecule has 2 N–H and O–H groups in total. The van der Waals surface area contributed by atoms with Gasteiger partial charge < -0.3 is 10.5 Å². The summed E-state index contributed by atoms with van der Waals surface area (Å²) < 4.78 is 4.70. The van der Waals surface area contributed by atoms with Crippen molar-refractivity contribution in [3.63, 3.8) is 0 Å². The Balaban J connectivity index is 1.99. The molecule has 3 aromatic rings. The van der Waals surface area contributed by atoms with Gasteiger partial charge in [0, 0.05) is 11.6 Å². The van der Waals surface area contributed by atoms with E-state index in [9.17, 15) is 4.79 Å². The van der Waals surface area contributed by atoms with Crippen LogP contribution in [0.1, 0.15) is 27.5 Å². The van der Waals surface area contributed by atoms with E-state index in [0.29, 0.717) is 5.56 Å². The summed E-state index contributed by atoms with van der Waals surface area (Å²) in [6.45, 7) is 0. The summed E-state index contributed by atoms with van der Waals surface area (Å²) in [7, 11) is 1.36. The third-order valence-corrected chi connectivity index (χ3v) is 3.69. The summed E-state index contributed by atoms with van der Waals surface area (Å²) in [5.74, 6) is -0.355. The third kappa shape index (κ3) is 2.56. The van der Waals surface area contributed by atoms with Crippen molar-refractivity contribution in [3.05, 3.63) is 77.5 Å². The SMILES string of the molecule is COC(=O)c1ccc(C(N)c2cccc3cccnc23)cc1. The molecule has 0 fully saturated rings. The quantitative estimate of drug-likeness (QED) is 0.753. The Morgan fingerprint density at radius 1 is 1.09 bits per heavy atom. The monoisotopic (exact) mass is 292 g/mol. The van der Waals surface area contributed by atoms with Gasteiger partial charge >= 0.3 is 5.97 Å². The van der Waals surface area contributed by atoms with Gasteiger partial charge in [-0.1, -0.05) is 36.4 Å². The molecule has 0 amide bonds. The van der Waals surface area contributed by atoms with Crippen LogP contribution in [0, 0.1) is 0 Å². The zero-order chi connectivity index (χ0) is 15.5. The van der Waals surface area contributed by atoms with Crippen LogP contribution in [0.3, 0.4) is 0 Å². The Labute approximate surface area is 128 Å². The van der Waals surface area contributed by atoms with Crippen LogP contribution in [-0.2, 0) is 4.74 Å². The van der Waals surface area contributed by atoms with E-state index < -0.39 is 0 Å². The zero-order valence-electron chi connectivity index (χ0n) is 12.2. The second kappa shape index (κ2) is 5.95. The summed E-state index contributed by atoms with van der Waals surface area (Å²) in [5.41, 5.74) is 9.68. The number of pyridine rings is 1. The van der Waals surface area contributed by atoms with Crippen LogP contribution >= 0.6 is 0 Å². The van der Waals surface area contributed by atoms with Crippen molar-refractivity contribution < 1.29 is 9.53 Å². The Morgan fingerprint density at radius 3 is 2.55 bits per heavy atom. The number of rotatable bonds is 3. The molecule has 0 aliphatic rings. The van der Waals surface area contributed by atoms with Crippen molar-refractivity contribution in [2.75, 3.05) is 7.11 Å². The van der Waals surface area contributed by atoms with E-state index in [4.69, 9.17) is 10.5 Å². The number of hydrogen-bond donors (Lipinski definition) is 1. The summed E-state index contributed by atoms with van der Waals surface area (Å²) in [4.78, 5) is 15.9. The fourth-order valence-corrected chi connectivity index (χ4v) is 2.50. The van der Waals surface area contributed by atoms with Crippen LogP contribution < -0.4 is 5.73 Å². The highest BCUT2D eigenvalue weighted by Gasteiger charge is 2.14. The number of hydrogen-bond acceptors (Lipinski definition) is 4. The maximum absolute atomic E-state index is 11.5. The largest absolute Gasteiger partial charge is 0.465 e. The van der Waals surface area contributed by atoms with Gasteiger partial charge in [-0.25, -0.2) is 4.79 Å². The van der Waals surface area contributed by atoms with Crippen molar-refractivity contribution in [1.82, 2.24) is 4.98 Å². The van der Waals surface area contributed by atoms with Gasteiger partial charge in [-0.3, -0.25) is 4.98 Å². The van der Waals surface area contributed by atoms with Crippen molar-refractivity contribution in [3.8, 4) is 0 Å². The highest BCUT2D eigenvalue weighted by molar-refractivity contribution is 5.89. The second-order valence-corrected chi connectivity index (χ2v) is 5.01. The minimum absolute atomic E-state index is 0.301. The normalized spacial score (nSPS) is 12.1. The third-order valence-electron chi connectivity index (χ3n) is 3.69. The average Bonchev–Trinajstić information content (AvgIpc) is 2.60. The lowest BCUT2D eigenvalue weighted by Gasteiger charge is -2.15. The summed E-state index contributed by atoms with van der Waals surface area (Å²) in [6.07, 6.45) is 1.76. The van der Waals surface area contributed by atoms with E-state index in [1.807, 2.05) is 42.5 Å². The molecule has 0 saturated heterocycles. The molecule has 110 valence electrons. The Bertz CT molecular complexity index is 807. The number of carbonyl (C=O) groups is 1. The number of methoxy groups -OCH3 is 1. The van der Waals surface area contributed by atoms with Crippen LogP contribution in [0.15, 0.2) is 60.8 Å². The molecule has 4 nitrogen and oxygen atoms in total. The predicted molar refractivity (Wildman–Crippen MR) is 85.6 cm³/mol. The summed E-state index contributed by atoms with van der Waals surface area (Å²) >= 11 is 0. The fourth-order valence-electron chi connectivity index (χ4n) is 2.50. The maximum Gasteiger partial charge on any atom is 0.337 e. The van der Waals surface area contributed by atoms with Gasteiger partial charge in [0.15, 0.2) is 0 Å². The molecular weight excluding hydrogens is 276 g/mol. The molecule has 22 heavy (non-hydrogen) atoms. The second-order valence-electron chi connectivity index (χ2n) is 5.01. The summed E-state index contributed by atoms with van der Waals surface area (Å²) in [6, 6.07) is 16.7. The lowest BCUT2D eigenvalue weighted by molar-refractivity contribution is 0.0600. The molecule has 3 rings (SSSR count). The van der Waals surface area contributed by atoms with Gasteiger partial charge in [-0.05, 0) is 29.3 Å². The van der Waals surface area contributed by atoms with E-state index in [1.54, 1.807) is 18.3 Å². The van der Waals surface area contributed by atoms with Crippen LogP contribution in [0.25, 0.3) is 10.9 Å². The van der Waals surface area contributed by atoms with Crippen molar-refractivity contribution >= 4 is 16.9 Å². The average molecular weight is 292 g/mol. The number of para-hydroxylation sites is 1. The van der Waals surface area contributed by atoms with E-state index in [0.717, 1.165) is 22.0 Å². The van der Waals surface area contributed by atoms with Crippen molar-refractivity contribution in [2.45, 2.75) is 6.04 Å². The molecule has 1 atom stereocenters. The van der Waals surface area contributed by atoms with E-state index in [1.165, 1.54) is 7.11 Å². The van der Waals surface area contributed by atoms with Gasteiger partial charge in [-0.2, -0.15) is 0 Å².